The summed E-state index contributed by atoms with van der Waals surface area (Å²) in [5, 5.41) is 0. The van der Waals surface area contributed by atoms with Crippen LogP contribution in [0.4, 0.5) is 5.69 Å². The Morgan fingerprint density at radius 3 is 2.70 bits per heavy atom. The predicted molar refractivity (Wildman–Crippen MR) is 83.0 cm³/mol. The molecule has 1 fully saturated rings. The van der Waals surface area contributed by atoms with Crippen LogP contribution in [0.5, 0.6) is 0 Å². The van der Waals surface area contributed by atoms with Gasteiger partial charge < -0.3 is 10.6 Å². The van der Waals surface area contributed by atoms with Crippen molar-refractivity contribution < 1.29 is 4.79 Å². The molecule has 1 saturated carbocycles. The highest BCUT2D eigenvalue weighted by atomic mass is 16.2. The van der Waals surface area contributed by atoms with Crippen LogP contribution < -0.4 is 5.73 Å². The lowest BCUT2D eigenvalue weighted by Gasteiger charge is -2.31. The molecule has 1 aliphatic carbocycles. The molecule has 0 spiro atoms. The molecule has 0 aromatic heterocycles. The number of hydrogen-bond donors (Lipinski definition) is 1. The second-order valence-electron chi connectivity index (χ2n) is 6.32. The van der Waals surface area contributed by atoms with Crippen LogP contribution in [-0.4, -0.2) is 16.8 Å². The van der Waals surface area contributed by atoms with Crippen molar-refractivity contribution in [2.45, 2.75) is 52.6 Å². The third-order valence-corrected chi connectivity index (χ3v) is 4.39. The number of nitrogens with two attached hydrogens (primary N) is 1. The van der Waals surface area contributed by atoms with Gasteiger partial charge >= 0.3 is 0 Å². The molecule has 2 rings (SSSR count). The molecule has 0 bridgehead atoms. The molecule has 0 radical (unpaired) electrons. The van der Waals surface area contributed by atoms with Crippen molar-refractivity contribution in [2.24, 2.45) is 11.8 Å². The standard InChI is InChI=1S/C17H26N2O/c1-12(2)19(11-14-7-5-8-15(18)10-14)17(20)16-9-4-6-13(16)3/h5,7-8,10,12-13,16H,4,6,9,11,18H2,1-3H3. The number of hydrogen-bond acceptors (Lipinski definition) is 2. The van der Waals surface area contributed by atoms with Gasteiger partial charge in [-0.2, -0.15) is 0 Å². The Labute approximate surface area is 122 Å². The highest BCUT2D eigenvalue weighted by Crippen LogP contribution is 2.33. The normalized spacial score (nSPS) is 22.2. The van der Waals surface area contributed by atoms with Crippen LogP contribution in [0.1, 0.15) is 45.6 Å². The van der Waals surface area contributed by atoms with E-state index in [1.165, 1.54) is 12.8 Å². The number of anilines is 1. The first-order valence-electron chi connectivity index (χ1n) is 7.64. The highest BCUT2D eigenvalue weighted by Gasteiger charge is 2.33. The fourth-order valence-electron chi connectivity index (χ4n) is 3.13. The Bertz CT molecular complexity index is 470. The number of amides is 1. The van der Waals surface area contributed by atoms with Crippen molar-refractivity contribution in [1.29, 1.82) is 0 Å². The van der Waals surface area contributed by atoms with Crippen LogP contribution in [-0.2, 0) is 11.3 Å². The van der Waals surface area contributed by atoms with Crippen molar-refractivity contribution >= 4 is 11.6 Å². The lowest BCUT2D eigenvalue weighted by Crippen LogP contribution is -2.41. The smallest absolute Gasteiger partial charge is 0.226 e. The molecule has 0 heterocycles. The summed E-state index contributed by atoms with van der Waals surface area (Å²) < 4.78 is 0. The average molecular weight is 274 g/mol. The maximum Gasteiger partial charge on any atom is 0.226 e. The summed E-state index contributed by atoms with van der Waals surface area (Å²) in [6, 6.07) is 8.05. The molecule has 2 unspecified atom stereocenters. The zero-order chi connectivity index (χ0) is 14.7. The Kier molecular flexibility index (Phi) is 4.69. The quantitative estimate of drug-likeness (QED) is 0.855. The van der Waals surface area contributed by atoms with E-state index in [-0.39, 0.29) is 12.0 Å². The van der Waals surface area contributed by atoms with Gasteiger partial charge in [0.15, 0.2) is 0 Å². The first kappa shape index (κ1) is 14.9. The third kappa shape index (κ3) is 3.33. The molecule has 20 heavy (non-hydrogen) atoms. The first-order valence-corrected chi connectivity index (χ1v) is 7.64. The van der Waals surface area contributed by atoms with Gasteiger partial charge in [0.2, 0.25) is 5.91 Å². The van der Waals surface area contributed by atoms with Gasteiger partial charge in [-0.25, -0.2) is 0 Å². The van der Waals surface area contributed by atoms with Crippen molar-refractivity contribution in [3.8, 4) is 0 Å². The Morgan fingerprint density at radius 2 is 2.15 bits per heavy atom. The molecule has 2 N–H and O–H groups in total. The van der Waals surface area contributed by atoms with Gasteiger partial charge in [0.25, 0.3) is 0 Å². The molecular formula is C17H26N2O. The van der Waals surface area contributed by atoms with E-state index in [1.807, 2.05) is 29.2 Å². The minimum Gasteiger partial charge on any atom is -0.399 e. The fourth-order valence-corrected chi connectivity index (χ4v) is 3.13. The fraction of sp³-hybridized carbons (Fsp3) is 0.588. The second-order valence-corrected chi connectivity index (χ2v) is 6.32. The summed E-state index contributed by atoms with van der Waals surface area (Å²) in [5.74, 6) is 1.04. The zero-order valence-corrected chi connectivity index (χ0v) is 12.8. The van der Waals surface area contributed by atoms with E-state index in [1.54, 1.807) is 0 Å². The average Bonchev–Trinajstić information content (AvgIpc) is 2.81. The summed E-state index contributed by atoms with van der Waals surface area (Å²) in [5.41, 5.74) is 7.69. The van der Waals surface area contributed by atoms with Crippen molar-refractivity contribution in [3.63, 3.8) is 0 Å². The molecule has 3 nitrogen and oxygen atoms in total. The van der Waals surface area contributed by atoms with E-state index >= 15 is 0 Å². The molecule has 1 aromatic carbocycles. The summed E-state index contributed by atoms with van der Waals surface area (Å²) >= 11 is 0. The van der Waals surface area contributed by atoms with E-state index in [9.17, 15) is 4.79 Å². The van der Waals surface area contributed by atoms with Gasteiger partial charge in [0.05, 0.1) is 0 Å². The molecule has 0 saturated heterocycles. The number of benzene rings is 1. The van der Waals surface area contributed by atoms with Gasteiger partial charge in [-0.1, -0.05) is 25.5 Å². The largest absolute Gasteiger partial charge is 0.399 e. The van der Waals surface area contributed by atoms with E-state index in [0.717, 1.165) is 17.7 Å². The molecular weight excluding hydrogens is 248 g/mol. The van der Waals surface area contributed by atoms with Gasteiger partial charge in [-0.15, -0.1) is 0 Å². The summed E-state index contributed by atoms with van der Waals surface area (Å²) in [6.07, 6.45) is 3.41. The van der Waals surface area contributed by atoms with Crippen LogP contribution in [0, 0.1) is 11.8 Å². The van der Waals surface area contributed by atoms with Crippen LogP contribution in [0.25, 0.3) is 0 Å². The van der Waals surface area contributed by atoms with E-state index in [2.05, 4.69) is 20.8 Å². The SMILES string of the molecule is CC1CCCC1C(=O)N(Cc1cccc(N)c1)C(C)C. The molecule has 1 aliphatic rings. The van der Waals surface area contributed by atoms with E-state index in [0.29, 0.717) is 18.4 Å². The molecule has 2 atom stereocenters. The monoisotopic (exact) mass is 274 g/mol. The van der Waals surface area contributed by atoms with Crippen molar-refractivity contribution in [1.82, 2.24) is 4.90 Å². The van der Waals surface area contributed by atoms with Gasteiger partial charge in [-0.3, -0.25) is 4.79 Å². The lowest BCUT2D eigenvalue weighted by molar-refractivity contribution is -0.139. The number of carbonyl (C=O) groups excluding carboxylic acids is 1. The van der Waals surface area contributed by atoms with Crippen LogP contribution in [0.2, 0.25) is 0 Å². The van der Waals surface area contributed by atoms with Crippen molar-refractivity contribution in [2.75, 3.05) is 5.73 Å². The van der Waals surface area contributed by atoms with Crippen molar-refractivity contribution in [3.05, 3.63) is 29.8 Å². The number of nitrogens with zero attached hydrogens (tertiary/aromatic N) is 1. The Morgan fingerprint density at radius 1 is 1.40 bits per heavy atom. The number of carbonyl (C=O) groups is 1. The van der Waals surface area contributed by atoms with Gasteiger partial charge in [-0.05, 0) is 50.3 Å². The summed E-state index contributed by atoms with van der Waals surface area (Å²) in [4.78, 5) is 14.8. The highest BCUT2D eigenvalue weighted by molar-refractivity contribution is 5.79. The molecule has 3 heteroatoms. The predicted octanol–water partition coefficient (Wildman–Crippen LogP) is 3.44. The maximum absolute atomic E-state index is 12.8. The van der Waals surface area contributed by atoms with Crippen LogP contribution >= 0.6 is 0 Å². The minimum atomic E-state index is 0.207. The van der Waals surface area contributed by atoms with Crippen LogP contribution in [0.15, 0.2) is 24.3 Å². The minimum absolute atomic E-state index is 0.207. The lowest BCUT2D eigenvalue weighted by atomic mass is 9.95. The topological polar surface area (TPSA) is 46.3 Å². The van der Waals surface area contributed by atoms with Gasteiger partial charge in [0.1, 0.15) is 0 Å². The maximum atomic E-state index is 12.8. The second kappa shape index (κ2) is 6.29. The zero-order valence-electron chi connectivity index (χ0n) is 12.8. The summed E-state index contributed by atoms with van der Waals surface area (Å²) in [7, 11) is 0. The van der Waals surface area contributed by atoms with E-state index < -0.39 is 0 Å². The third-order valence-electron chi connectivity index (χ3n) is 4.39. The number of nitrogen functional groups attached to an aromatic ring is 1. The van der Waals surface area contributed by atoms with Crippen LogP contribution in [0.3, 0.4) is 0 Å². The Balaban J connectivity index is 2.12. The molecule has 0 aliphatic heterocycles. The Hall–Kier alpha value is -1.51. The molecule has 110 valence electrons. The first-order chi connectivity index (χ1) is 9.49. The molecule has 1 aromatic rings. The van der Waals surface area contributed by atoms with E-state index in [4.69, 9.17) is 5.73 Å². The molecule has 1 amide bonds. The van der Waals surface area contributed by atoms with Gasteiger partial charge in [0, 0.05) is 24.2 Å². The number of rotatable bonds is 4. The summed E-state index contributed by atoms with van der Waals surface area (Å²) in [6.45, 7) is 7.03.